The van der Waals surface area contributed by atoms with Gasteiger partial charge in [-0.2, -0.15) is 13.2 Å². The van der Waals surface area contributed by atoms with E-state index in [0.29, 0.717) is 42.0 Å². The third-order valence-corrected chi connectivity index (χ3v) is 6.74. The minimum absolute atomic E-state index is 0.0529. The molecule has 0 spiro atoms. The molecule has 1 atom stereocenters. The summed E-state index contributed by atoms with van der Waals surface area (Å²) in [6.07, 6.45) is -1.72. The fourth-order valence-electron chi connectivity index (χ4n) is 5.02. The van der Waals surface area contributed by atoms with E-state index in [1.165, 1.54) is 24.4 Å². The molecule has 0 aliphatic carbocycles. The van der Waals surface area contributed by atoms with Crippen LogP contribution in [0.2, 0.25) is 0 Å². The van der Waals surface area contributed by atoms with Crippen molar-refractivity contribution in [3.8, 4) is 28.1 Å². The number of ether oxygens (including phenoxy) is 1. The van der Waals surface area contributed by atoms with E-state index in [1.807, 2.05) is 24.5 Å². The molecule has 0 radical (unpaired) electrons. The topological polar surface area (TPSA) is 68.5 Å². The van der Waals surface area contributed by atoms with E-state index in [0.717, 1.165) is 28.8 Å². The summed E-state index contributed by atoms with van der Waals surface area (Å²) in [4.78, 5) is 24.2. The molecule has 2 aliphatic heterocycles. The van der Waals surface area contributed by atoms with Gasteiger partial charge in [0.25, 0.3) is 0 Å². The molecule has 34 heavy (non-hydrogen) atoms. The van der Waals surface area contributed by atoms with Crippen LogP contribution in [-0.4, -0.2) is 22.2 Å². The molecule has 5 rings (SSSR count). The summed E-state index contributed by atoms with van der Waals surface area (Å²) in [5.41, 5.74) is 3.07. The van der Waals surface area contributed by atoms with E-state index in [1.54, 1.807) is 0 Å². The Morgan fingerprint density at radius 3 is 2.44 bits per heavy atom. The Bertz CT molecular complexity index is 1370. The third-order valence-electron chi connectivity index (χ3n) is 6.74. The van der Waals surface area contributed by atoms with Crippen molar-refractivity contribution >= 4 is 5.97 Å². The molecular weight excluding hydrogens is 447 g/mol. The monoisotopic (exact) mass is 469 g/mol. The zero-order valence-electron chi connectivity index (χ0n) is 18.6. The Balaban J connectivity index is 1.75. The summed E-state index contributed by atoms with van der Waals surface area (Å²) >= 11 is 0. The molecule has 2 aromatic carbocycles. The number of hydrogen-bond acceptors (Lipinski definition) is 3. The highest BCUT2D eigenvalue weighted by Crippen LogP contribution is 2.48. The number of aromatic nitrogens is 1. The van der Waals surface area contributed by atoms with Crippen LogP contribution < -0.4 is 10.2 Å². The van der Waals surface area contributed by atoms with Gasteiger partial charge in [-0.1, -0.05) is 26.0 Å². The van der Waals surface area contributed by atoms with E-state index in [2.05, 4.69) is 0 Å². The fourth-order valence-corrected chi connectivity index (χ4v) is 5.02. The van der Waals surface area contributed by atoms with Crippen LogP contribution in [0.25, 0.3) is 22.4 Å². The molecule has 1 N–H and O–H groups in total. The number of carboxylic acids is 1. The van der Waals surface area contributed by atoms with Crippen molar-refractivity contribution in [2.45, 2.75) is 38.9 Å². The number of carbonyl (C=O) groups is 1. The maximum Gasteiger partial charge on any atom is 0.416 e. The van der Waals surface area contributed by atoms with Crippen LogP contribution in [0.5, 0.6) is 5.75 Å². The second-order valence-electron chi connectivity index (χ2n) is 9.10. The number of rotatable bonds is 3. The van der Waals surface area contributed by atoms with Crippen molar-refractivity contribution in [3.05, 3.63) is 75.1 Å². The molecule has 8 heteroatoms. The molecule has 1 aromatic heterocycles. The van der Waals surface area contributed by atoms with E-state index >= 15 is 0 Å². The SMILES string of the molecule is CC(C)C1Cc2c(cc(-c3ccc(C(F)(F)F)cc3)c3c2CCO3)-c2cc(=O)c(C(=O)O)cn21. The quantitative estimate of drug-likeness (QED) is 0.543. The van der Waals surface area contributed by atoms with Crippen molar-refractivity contribution in [2.75, 3.05) is 6.61 Å². The highest BCUT2D eigenvalue weighted by molar-refractivity contribution is 5.88. The molecule has 0 bridgehead atoms. The van der Waals surface area contributed by atoms with Gasteiger partial charge in [0.15, 0.2) is 5.43 Å². The zero-order chi connectivity index (χ0) is 24.4. The summed E-state index contributed by atoms with van der Waals surface area (Å²) in [6.45, 7) is 4.56. The van der Waals surface area contributed by atoms with Crippen molar-refractivity contribution in [1.82, 2.24) is 4.57 Å². The predicted molar refractivity (Wildman–Crippen MR) is 120 cm³/mol. The third kappa shape index (κ3) is 3.48. The number of pyridine rings is 1. The van der Waals surface area contributed by atoms with Crippen molar-refractivity contribution in [2.24, 2.45) is 5.92 Å². The molecule has 0 amide bonds. The fraction of sp³-hybridized carbons (Fsp3) is 0.308. The summed E-state index contributed by atoms with van der Waals surface area (Å²) < 4.78 is 47.0. The summed E-state index contributed by atoms with van der Waals surface area (Å²) in [7, 11) is 0. The van der Waals surface area contributed by atoms with Crippen LogP contribution in [0.15, 0.2) is 47.4 Å². The van der Waals surface area contributed by atoms with Gasteiger partial charge in [-0.3, -0.25) is 4.79 Å². The highest BCUT2D eigenvalue weighted by atomic mass is 19.4. The first-order valence-corrected chi connectivity index (χ1v) is 11.0. The number of carboxylic acid groups (broad SMARTS) is 1. The first-order valence-electron chi connectivity index (χ1n) is 11.0. The van der Waals surface area contributed by atoms with Gasteiger partial charge in [-0.05, 0) is 41.7 Å². The smallest absolute Gasteiger partial charge is 0.416 e. The lowest BCUT2D eigenvalue weighted by molar-refractivity contribution is -0.137. The lowest BCUT2D eigenvalue weighted by Gasteiger charge is -2.34. The van der Waals surface area contributed by atoms with E-state index in [-0.39, 0.29) is 17.5 Å². The van der Waals surface area contributed by atoms with Crippen molar-refractivity contribution < 1.29 is 27.8 Å². The van der Waals surface area contributed by atoms with Gasteiger partial charge in [-0.25, -0.2) is 4.79 Å². The molecule has 0 fully saturated rings. The summed E-state index contributed by atoms with van der Waals surface area (Å²) in [6, 6.07) is 8.09. The molecule has 5 nitrogen and oxygen atoms in total. The Labute approximate surface area is 193 Å². The normalized spacial score (nSPS) is 16.6. The lowest BCUT2D eigenvalue weighted by atomic mass is 9.82. The van der Waals surface area contributed by atoms with Crippen LogP contribution in [-0.2, 0) is 19.0 Å². The van der Waals surface area contributed by atoms with E-state index in [9.17, 15) is 27.9 Å². The molecule has 0 saturated carbocycles. The average Bonchev–Trinajstić information content (AvgIpc) is 3.27. The Hall–Kier alpha value is -3.55. The lowest BCUT2D eigenvalue weighted by Crippen LogP contribution is -2.28. The largest absolute Gasteiger partial charge is 0.492 e. The van der Waals surface area contributed by atoms with Crippen LogP contribution in [0, 0.1) is 5.92 Å². The van der Waals surface area contributed by atoms with Gasteiger partial charge >= 0.3 is 12.1 Å². The molecule has 176 valence electrons. The van der Waals surface area contributed by atoms with Gasteiger partial charge in [-0.15, -0.1) is 0 Å². The summed E-state index contributed by atoms with van der Waals surface area (Å²) in [5.74, 6) is -0.441. The number of hydrogen-bond donors (Lipinski definition) is 1. The number of nitrogens with zero attached hydrogens (tertiary/aromatic N) is 1. The minimum Gasteiger partial charge on any atom is -0.492 e. The number of aromatic carboxylic acids is 1. The number of alkyl halides is 3. The Kier molecular flexibility index (Phi) is 5.07. The molecule has 0 saturated heterocycles. The van der Waals surface area contributed by atoms with Crippen LogP contribution >= 0.6 is 0 Å². The minimum atomic E-state index is -4.43. The Morgan fingerprint density at radius 2 is 1.82 bits per heavy atom. The maximum atomic E-state index is 13.1. The Morgan fingerprint density at radius 1 is 1.12 bits per heavy atom. The summed E-state index contributed by atoms with van der Waals surface area (Å²) in [5, 5.41) is 9.48. The van der Waals surface area contributed by atoms with E-state index in [4.69, 9.17) is 4.74 Å². The van der Waals surface area contributed by atoms with Crippen LogP contribution in [0.3, 0.4) is 0 Å². The van der Waals surface area contributed by atoms with Crippen molar-refractivity contribution in [1.29, 1.82) is 0 Å². The van der Waals surface area contributed by atoms with Crippen molar-refractivity contribution in [3.63, 3.8) is 0 Å². The van der Waals surface area contributed by atoms with E-state index < -0.39 is 23.1 Å². The molecule has 2 aliphatic rings. The zero-order valence-corrected chi connectivity index (χ0v) is 18.6. The van der Waals surface area contributed by atoms with Gasteiger partial charge in [0.1, 0.15) is 11.3 Å². The number of halogens is 3. The van der Waals surface area contributed by atoms with Gasteiger partial charge in [0, 0.05) is 41.4 Å². The number of fused-ring (bicyclic) bond motifs is 5. The van der Waals surface area contributed by atoms with Crippen LogP contribution in [0.1, 0.15) is 46.9 Å². The molecular formula is C26H22F3NO4. The number of benzene rings is 2. The van der Waals surface area contributed by atoms with Gasteiger partial charge in [0.2, 0.25) is 0 Å². The molecule has 1 unspecified atom stereocenters. The molecule has 3 aromatic rings. The average molecular weight is 469 g/mol. The second kappa shape index (κ2) is 7.75. The standard InChI is InChI=1S/C26H22F3NO4/c1-13(2)21-10-18-16-7-8-34-24(16)17(14-3-5-15(6-4-14)26(27,28)29)9-19(18)22-11-23(31)20(25(32)33)12-30(21)22/h3-6,9,11-13,21H,7-8,10H2,1-2H3,(H,32,33). The van der Waals surface area contributed by atoms with Gasteiger partial charge < -0.3 is 14.4 Å². The van der Waals surface area contributed by atoms with Crippen LogP contribution in [0.4, 0.5) is 13.2 Å². The predicted octanol–water partition coefficient (Wildman–Crippen LogP) is 5.59. The first kappa shape index (κ1) is 22.3. The first-order chi connectivity index (χ1) is 16.1. The molecule has 3 heterocycles. The van der Waals surface area contributed by atoms with Gasteiger partial charge in [0.05, 0.1) is 17.9 Å². The maximum absolute atomic E-state index is 13.1. The second-order valence-corrected chi connectivity index (χ2v) is 9.10. The highest BCUT2D eigenvalue weighted by Gasteiger charge is 2.34.